The van der Waals surface area contributed by atoms with E-state index in [1.807, 2.05) is 37.3 Å². The third-order valence-corrected chi connectivity index (χ3v) is 2.97. The molecule has 2 aromatic rings. The van der Waals surface area contributed by atoms with Gasteiger partial charge in [-0.05, 0) is 12.5 Å². The number of nitrogens with zero attached hydrogens (tertiary/aromatic N) is 1. The summed E-state index contributed by atoms with van der Waals surface area (Å²) in [6.45, 7) is 2.22. The Kier molecular flexibility index (Phi) is 3.43. The minimum Gasteiger partial charge on any atom is -0.341 e. The molecule has 1 heterocycles. The summed E-state index contributed by atoms with van der Waals surface area (Å²) in [6, 6.07) is 9.67. The lowest BCUT2D eigenvalue weighted by Crippen LogP contribution is -2.48. The standard InChI is InChI=1S/C13H16N4O/c1-13(9-14,11-5-3-2-4-6-11)17-12(18)10-7-15-16-8-10/h2-8H,9,14H2,1H3,(H,15,16)(H,17,18). The maximum absolute atomic E-state index is 12.0. The van der Waals surface area contributed by atoms with Crippen LogP contribution in [0.3, 0.4) is 0 Å². The van der Waals surface area contributed by atoms with Crippen molar-refractivity contribution in [3.63, 3.8) is 0 Å². The van der Waals surface area contributed by atoms with Crippen molar-refractivity contribution in [2.24, 2.45) is 5.73 Å². The molecule has 0 saturated carbocycles. The molecule has 0 radical (unpaired) electrons. The smallest absolute Gasteiger partial charge is 0.255 e. The molecule has 0 fully saturated rings. The molecule has 1 aromatic carbocycles. The molecule has 0 aliphatic carbocycles. The molecule has 0 aliphatic heterocycles. The van der Waals surface area contributed by atoms with E-state index in [2.05, 4.69) is 15.5 Å². The normalized spacial score (nSPS) is 13.9. The summed E-state index contributed by atoms with van der Waals surface area (Å²) in [5.74, 6) is -0.194. The fourth-order valence-corrected chi connectivity index (χ4v) is 1.74. The van der Waals surface area contributed by atoms with Gasteiger partial charge < -0.3 is 11.1 Å². The summed E-state index contributed by atoms with van der Waals surface area (Å²) in [4.78, 5) is 12.0. The fourth-order valence-electron chi connectivity index (χ4n) is 1.74. The van der Waals surface area contributed by atoms with Crippen LogP contribution in [-0.2, 0) is 5.54 Å². The van der Waals surface area contributed by atoms with Crippen molar-refractivity contribution in [3.8, 4) is 0 Å². The fraction of sp³-hybridized carbons (Fsp3) is 0.231. The molecule has 1 unspecified atom stereocenters. The van der Waals surface area contributed by atoms with Gasteiger partial charge in [-0.2, -0.15) is 5.10 Å². The van der Waals surface area contributed by atoms with Gasteiger partial charge in [-0.1, -0.05) is 30.3 Å². The second-order valence-corrected chi connectivity index (χ2v) is 4.34. The molecular weight excluding hydrogens is 228 g/mol. The summed E-state index contributed by atoms with van der Waals surface area (Å²) in [7, 11) is 0. The number of hydrogen-bond acceptors (Lipinski definition) is 3. The first-order chi connectivity index (χ1) is 8.65. The quantitative estimate of drug-likeness (QED) is 0.750. The van der Waals surface area contributed by atoms with E-state index in [-0.39, 0.29) is 5.91 Å². The zero-order valence-electron chi connectivity index (χ0n) is 10.2. The molecule has 1 aromatic heterocycles. The zero-order valence-corrected chi connectivity index (χ0v) is 10.2. The van der Waals surface area contributed by atoms with Crippen molar-refractivity contribution >= 4 is 5.91 Å². The zero-order chi connectivity index (χ0) is 13.0. The summed E-state index contributed by atoms with van der Waals surface area (Å²) >= 11 is 0. The lowest BCUT2D eigenvalue weighted by Gasteiger charge is -2.29. The molecular formula is C13H16N4O. The monoisotopic (exact) mass is 244 g/mol. The molecule has 4 N–H and O–H groups in total. The second kappa shape index (κ2) is 5.01. The van der Waals surface area contributed by atoms with E-state index in [0.29, 0.717) is 12.1 Å². The summed E-state index contributed by atoms with van der Waals surface area (Å²) in [6.07, 6.45) is 3.04. The molecule has 0 aliphatic rings. The Morgan fingerprint density at radius 2 is 2.17 bits per heavy atom. The molecule has 5 heteroatoms. The van der Waals surface area contributed by atoms with Gasteiger partial charge in [-0.15, -0.1) is 0 Å². The van der Waals surface area contributed by atoms with Crippen molar-refractivity contribution < 1.29 is 4.79 Å². The highest BCUT2D eigenvalue weighted by Crippen LogP contribution is 2.19. The van der Waals surface area contributed by atoms with Crippen LogP contribution in [0.2, 0.25) is 0 Å². The molecule has 18 heavy (non-hydrogen) atoms. The topological polar surface area (TPSA) is 83.8 Å². The van der Waals surface area contributed by atoms with Crippen LogP contribution < -0.4 is 11.1 Å². The van der Waals surface area contributed by atoms with E-state index < -0.39 is 5.54 Å². The summed E-state index contributed by atoms with van der Waals surface area (Å²) < 4.78 is 0. The number of carbonyl (C=O) groups is 1. The van der Waals surface area contributed by atoms with Crippen LogP contribution in [-0.4, -0.2) is 22.6 Å². The number of amides is 1. The van der Waals surface area contributed by atoms with Gasteiger partial charge in [0.25, 0.3) is 5.91 Å². The average molecular weight is 244 g/mol. The molecule has 2 rings (SSSR count). The van der Waals surface area contributed by atoms with Gasteiger partial charge in [0.05, 0.1) is 17.3 Å². The number of H-pyrrole nitrogens is 1. The van der Waals surface area contributed by atoms with Gasteiger partial charge in [0.1, 0.15) is 0 Å². The van der Waals surface area contributed by atoms with E-state index in [1.165, 1.54) is 6.20 Å². The SMILES string of the molecule is CC(CN)(NC(=O)c1cn[nH]c1)c1ccccc1. The number of nitrogens with two attached hydrogens (primary N) is 1. The lowest BCUT2D eigenvalue weighted by atomic mass is 9.92. The van der Waals surface area contributed by atoms with Crippen LogP contribution in [0, 0.1) is 0 Å². The maximum atomic E-state index is 12.0. The number of carbonyl (C=O) groups excluding carboxylic acids is 1. The van der Waals surface area contributed by atoms with E-state index in [9.17, 15) is 4.79 Å². The first-order valence-corrected chi connectivity index (χ1v) is 5.72. The molecule has 0 saturated heterocycles. The van der Waals surface area contributed by atoms with Gasteiger partial charge in [0.2, 0.25) is 0 Å². The number of aromatic nitrogens is 2. The second-order valence-electron chi connectivity index (χ2n) is 4.34. The first-order valence-electron chi connectivity index (χ1n) is 5.72. The van der Waals surface area contributed by atoms with E-state index in [4.69, 9.17) is 5.73 Å². The minimum absolute atomic E-state index is 0.194. The molecule has 94 valence electrons. The number of aromatic amines is 1. The predicted molar refractivity (Wildman–Crippen MR) is 68.9 cm³/mol. The molecule has 5 nitrogen and oxygen atoms in total. The van der Waals surface area contributed by atoms with Crippen molar-refractivity contribution in [1.82, 2.24) is 15.5 Å². The highest BCUT2D eigenvalue weighted by atomic mass is 16.1. The third-order valence-electron chi connectivity index (χ3n) is 2.97. The van der Waals surface area contributed by atoms with Crippen LogP contribution in [0.4, 0.5) is 0 Å². The maximum Gasteiger partial charge on any atom is 0.255 e. The Labute approximate surface area is 105 Å². The highest BCUT2D eigenvalue weighted by Gasteiger charge is 2.27. The number of nitrogens with one attached hydrogen (secondary N) is 2. The lowest BCUT2D eigenvalue weighted by molar-refractivity contribution is 0.0907. The molecule has 1 atom stereocenters. The number of benzene rings is 1. The van der Waals surface area contributed by atoms with Crippen LogP contribution in [0.1, 0.15) is 22.8 Å². The van der Waals surface area contributed by atoms with Gasteiger partial charge in [-0.25, -0.2) is 0 Å². The van der Waals surface area contributed by atoms with Gasteiger partial charge in [-0.3, -0.25) is 9.89 Å². The highest BCUT2D eigenvalue weighted by molar-refractivity contribution is 5.94. The Balaban J connectivity index is 2.21. The Hall–Kier alpha value is -2.14. The minimum atomic E-state index is -0.588. The largest absolute Gasteiger partial charge is 0.341 e. The van der Waals surface area contributed by atoms with E-state index in [1.54, 1.807) is 6.20 Å². The van der Waals surface area contributed by atoms with Crippen molar-refractivity contribution in [2.45, 2.75) is 12.5 Å². The third kappa shape index (κ3) is 2.41. The molecule has 0 bridgehead atoms. The van der Waals surface area contributed by atoms with Gasteiger partial charge in [0, 0.05) is 12.7 Å². The van der Waals surface area contributed by atoms with Gasteiger partial charge in [0.15, 0.2) is 0 Å². The van der Waals surface area contributed by atoms with E-state index >= 15 is 0 Å². The van der Waals surface area contributed by atoms with Gasteiger partial charge >= 0.3 is 0 Å². The number of rotatable bonds is 4. The van der Waals surface area contributed by atoms with Crippen molar-refractivity contribution in [2.75, 3.05) is 6.54 Å². The predicted octanol–water partition coefficient (Wildman–Crippen LogP) is 1.01. The van der Waals surface area contributed by atoms with Crippen LogP contribution in [0.5, 0.6) is 0 Å². The molecule has 0 spiro atoms. The molecule has 1 amide bonds. The van der Waals surface area contributed by atoms with Crippen LogP contribution in [0.15, 0.2) is 42.7 Å². The summed E-state index contributed by atoms with van der Waals surface area (Å²) in [5, 5.41) is 9.30. The summed E-state index contributed by atoms with van der Waals surface area (Å²) in [5.41, 5.74) is 6.68. The average Bonchev–Trinajstić information content (AvgIpc) is 2.93. The van der Waals surface area contributed by atoms with E-state index in [0.717, 1.165) is 5.56 Å². The first kappa shape index (κ1) is 12.3. The Morgan fingerprint density at radius 1 is 1.44 bits per heavy atom. The number of hydrogen-bond donors (Lipinski definition) is 3. The van der Waals surface area contributed by atoms with Crippen LogP contribution in [0.25, 0.3) is 0 Å². The Bertz CT molecular complexity index is 509. The van der Waals surface area contributed by atoms with Crippen molar-refractivity contribution in [1.29, 1.82) is 0 Å². The van der Waals surface area contributed by atoms with Crippen molar-refractivity contribution in [3.05, 3.63) is 53.9 Å². The van der Waals surface area contributed by atoms with Crippen LogP contribution >= 0.6 is 0 Å². The Morgan fingerprint density at radius 3 is 2.72 bits per heavy atom.